The van der Waals surface area contributed by atoms with E-state index in [1.165, 1.54) is 35.6 Å². The lowest BCUT2D eigenvalue weighted by Gasteiger charge is -2.02. The molecule has 0 spiro atoms. The van der Waals surface area contributed by atoms with Gasteiger partial charge in [0.2, 0.25) is 10.0 Å². The number of nitrogens with zero attached hydrogens (tertiary/aromatic N) is 1. The number of anilines is 1. The second-order valence-electron chi connectivity index (χ2n) is 3.36. The van der Waals surface area contributed by atoms with Crippen LogP contribution in [0, 0.1) is 0 Å². The minimum absolute atomic E-state index is 0.0340. The standard InChI is InChI=1S/C10H9N3O3S2/c11-18(15,16)8-3-1-7(2-4-8)9(14)13-10-12-5-6-17-10/h1-6H,(H2,11,15,16)(H,12,13,14). The minimum Gasteiger partial charge on any atom is -0.298 e. The molecular formula is C10H9N3O3S2. The van der Waals surface area contributed by atoms with Crippen molar-refractivity contribution < 1.29 is 13.2 Å². The molecule has 2 rings (SSSR count). The molecule has 0 aliphatic heterocycles. The van der Waals surface area contributed by atoms with Gasteiger partial charge in [-0.2, -0.15) is 0 Å². The van der Waals surface area contributed by atoms with Gasteiger partial charge >= 0.3 is 0 Å². The number of primary sulfonamides is 1. The van der Waals surface area contributed by atoms with Gasteiger partial charge in [-0.15, -0.1) is 11.3 Å². The molecule has 0 aliphatic carbocycles. The highest BCUT2D eigenvalue weighted by Gasteiger charge is 2.10. The second kappa shape index (κ2) is 4.84. The summed E-state index contributed by atoms with van der Waals surface area (Å²) in [4.78, 5) is 15.6. The molecule has 8 heteroatoms. The Kier molecular flexibility index (Phi) is 3.41. The third-order valence-electron chi connectivity index (χ3n) is 2.10. The van der Waals surface area contributed by atoms with Crippen molar-refractivity contribution in [3.63, 3.8) is 0 Å². The van der Waals surface area contributed by atoms with Crippen LogP contribution >= 0.6 is 11.3 Å². The maximum Gasteiger partial charge on any atom is 0.257 e. The van der Waals surface area contributed by atoms with Crippen LogP contribution in [0.15, 0.2) is 40.7 Å². The van der Waals surface area contributed by atoms with Gasteiger partial charge in [-0.1, -0.05) is 0 Å². The summed E-state index contributed by atoms with van der Waals surface area (Å²) in [5.74, 6) is -0.356. The van der Waals surface area contributed by atoms with Crippen molar-refractivity contribution in [3.05, 3.63) is 41.4 Å². The average molecular weight is 283 g/mol. The molecule has 0 atom stereocenters. The van der Waals surface area contributed by atoms with E-state index < -0.39 is 10.0 Å². The zero-order chi connectivity index (χ0) is 13.2. The number of carbonyl (C=O) groups is 1. The van der Waals surface area contributed by atoms with E-state index in [4.69, 9.17) is 5.14 Å². The van der Waals surface area contributed by atoms with E-state index in [9.17, 15) is 13.2 Å². The molecule has 0 fully saturated rings. The summed E-state index contributed by atoms with van der Waals surface area (Å²) in [6.45, 7) is 0. The first-order chi connectivity index (χ1) is 8.47. The fraction of sp³-hybridized carbons (Fsp3) is 0. The van der Waals surface area contributed by atoms with Crippen molar-refractivity contribution in [1.29, 1.82) is 0 Å². The van der Waals surface area contributed by atoms with Crippen molar-refractivity contribution in [3.8, 4) is 0 Å². The van der Waals surface area contributed by atoms with Gasteiger partial charge in [0.15, 0.2) is 5.13 Å². The Labute approximate surface area is 108 Å². The first-order valence-electron chi connectivity index (χ1n) is 4.80. The van der Waals surface area contributed by atoms with E-state index >= 15 is 0 Å². The van der Waals surface area contributed by atoms with Crippen LogP contribution in [0.1, 0.15) is 10.4 Å². The van der Waals surface area contributed by atoms with Crippen LogP contribution in [0.5, 0.6) is 0 Å². The largest absolute Gasteiger partial charge is 0.298 e. The maximum absolute atomic E-state index is 11.7. The molecule has 0 unspecified atom stereocenters. The zero-order valence-corrected chi connectivity index (χ0v) is 10.7. The van der Waals surface area contributed by atoms with E-state index in [0.29, 0.717) is 10.7 Å². The molecule has 6 nitrogen and oxygen atoms in total. The van der Waals surface area contributed by atoms with Gasteiger partial charge in [0.05, 0.1) is 4.90 Å². The van der Waals surface area contributed by atoms with Gasteiger partial charge < -0.3 is 0 Å². The molecule has 1 amide bonds. The highest BCUT2D eigenvalue weighted by atomic mass is 32.2. The summed E-state index contributed by atoms with van der Waals surface area (Å²) < 4.78 is 22.1. The Morgan fingerprint density at radius 2 is 1.94 bits per heavy atom. The van der Waals surface area contributed by atoms with Crippen LogP contribution in [0.4, 0.5) is 5.13 Å². The SMILES string of the molecule is NS(=O)(=O)c1ccc(C(=O)Nc2nccs2)cc1. The van der Waals surface area contributed by atoms with E-state index in [0.717, 1.165) is 0 Å². The minimum atomic E-state index is -3.74. The number of hydrogen-bond donors (Lipinski definition) is 2. The van der Waals surface area contributed by atoms with Gasteiger partial charge in [0, 0.05) is 17.1 Å². The van der Waals surface area contributed by atoms with Gasteiger partial charge in [-0.25, -0.2) is 18.5 Å². The first kappa shape index (κ1) is 12.7. The number of thiazole rings is 1. The third kappa shape index (κ3) is 2.92. The van der Waals surface area contributed by atoms with Gasteiger partial charge in [-0.05, 0) is 24.3 Å². The molecule has 18 heavy (non-hydrogen) atoms. The molecule has 2 aromatic rings. The predicted molar refractivity (Wildman–Crippen MR) is 67.9 cm³/mol. The molecule has 0 aliphatic rings. The Bertz CT molecular complexity index is 648. The Morgan fingerprint density at radius 3 is 2.44 bits per heavy atom. The predicted octanol–water partition coefficient (Wildman–Crippen LogP) is 1.04. The second-order valence-corrected chi connectivity index (χ2v) is 5.82. The molecule has 0 radical (unpaired) electrons. The topological polar surface area (TPSA) is 102 Å². The average Bonchev–Trinajstić information content (AvgIpc) is 2.81. The number of aromatic nitrogens is 1. The van der Waals surface area contributed by atoms with E-state index in [-0.39, 0.29) is 10.8 Å². The molecular weight excluding hydrogens is 274 g/mol. The van der Waals surface area contributed by atoms with Crippen LogP contribution in [0.3, 0.4) is 0 Å². The lowest BCUT2D eigenvalue weighted by atomic mass is 10.2. The summed E-state index contributed by atoms with van der Waals surface area (Å²) >= 11 is 1.29. The lowest BCUT2D eigenvalue weighted by molar-refractivity contribution is 0.102. The molecule has 1 aromatic carbocycles. The quantitative estimate of drug-likeness (QED) is 0.878. The molecule has 1 aromatic heterocycles. The third-order valence-corrected chi connectivity index (χ3v) is 3.72. The van der Waals surface area contributed by atoms with Crippen LogP contribution in [0.25, 0.3) is 0 Å². The molecule has 3 N–H and O–H groups in total. The normalized spacial score (nSPS) is 11.2. The molecule has 94 valence electrons. The Hall–Kier alpha value is -1.77. The first-order valence-corrected chi connectivity index (χ1v) is 7.23. The number of rotatable bonds is 3. The van der Waals surface area contributed by atoms with Crippen molar-refractivity contribution in [2.75, 3.05) is 5.32 Å². The van der Waals surface area contributed by atoms with Crippen molar-refractivity contribution in [2.24, 2.45) is 5.14 Å². The van der Waals surface area contributed by atoms with Gasteiger partial charge in [-0.3, -0.25) is 10.1 Å². The van der Waals surface area contributed by atoms with Crippen LogP contribution in [-0.2, 0) is 10.0 Å². The number of nitrogens with two attached hydrogens (primary N) is 1. The fourth-order valence-corrected chi connectivity index (χ4v) is 2.29. The highest BCUT2D eigenvalue weighted by Crippen LogP contribution is 2.13. The van der Waals surface area contributed by atoms with Crippen LogP contribution < -0.4 is 10.5 Å². The molecule has 1 heterocycles. The number of hydrogen-bond acceptors (Lipinski definition) is 5. The molecule has 0 bridgehead atoms. The van der Waals surface area contributed by atoms with Crippen molar-refractivity contribution >= 4 is 32.4 Å². The number of sulfonamides is 1. The summed E-state index contributed by atoms with van der Waals surface area (Å²) in [5.41, 5.74) is 0.331. The summed E-state index contributed by atoms with van der Waals surface area (Å²) in [5, 5.41) is 9.76. The number of nitrogens with one attached hydrogen (secondary N) is 1. The van der Waals surface area contributed by atoms with E-state index in [1.54, 1.807) is 11.6 Å². The number of amides is 1. The monoisotopic (exact) mass is 283 g/mol. The van der Waals surface area contributed by atoms with Crippen LogP contribution in [-0.4, -0.2) is 19.3 Å². The molecule has 0 saturated carbocycles. The summed E-state index contributed by atoms with van der Waals surface area (Å²) in [7, 11) is -3.74. The van der Waals surface area contributed by atoms with Crippen LogP contribution in [0.2, 0.25) is 0 Å². The summed E-state index contributed by atoms with van der Waals surface area (Å²) in [6, 6.07) is 5.35. The van der Waals surface area contributed by atoms with E-state index in [2.05, 4.69) is 10.3 Å². The Balaban J connectivity index is 2.17. The number of carbonyl (C=O) groups excluding carboxylic acids is 1. The number of benzene rings is 1. The van der Waals surface area contributed by atoms with Crippen molar-refractivity contribution in [2.45, 2.75) is 4.90 Å². The fourth-order valence-electron chi connectivity index (χ4n) is 1.25. The maximum atomic E-state index is 11.7. The van der Waals surface area contributed by atoms with Crippen molar-refractivity contribution in [1.82, 2.24) is 4.98 Å². The smallest absolute Gasteiger partial charge is 0.257 e. The molecule has 0 saturated heterocycles. The highest BCUT2D eigenvalue weighted by molar-refractivity contribution is 7.89. The van der Waals surface area contributed by atoms with Gasteiger partial charge in [0.1, 0.15) is 0 Å². The Morgan fingerprint density at radius 1 is 1.28 bits per heavy atom. The van der Waals surface area contributed by atoms with Gasteiger partial charge in [0.25, 0.3) is 5.91 Å². The summed E-state index contributed by atoms with van der Waals surface area (Å²) in [6.07, 6.45) is 1.57. The lowest BCUT2D eigenvalue weighted by Crippen LogP contribution is -2.14. The zero-order valence-electron chi connectivity index (χ0n) is 9.03. The van der Waals surface area contributed by atoms with E-state index in [1.807, 2.05) is 0 Å².